The van der Waals surface area contributed by atoms with Crippen molar-refractivity contribution in [1.82, 2.24) is 15.5 Å². The number of hydrogen-bond donors (Lipinski definition) is 2. The molecule has 1 atom stereocenters. The number of nitriles is 1. The number of hydrogen-bond acceptors (Lipinski definition) is 3. The topological polar surface area (TPSA) is 68.2 Å². The summed E-state index contributed by atoms with van der Waals surface area (Å²) in [4.78, 5) is 14.9. The van der Waals surface area contributed by atoms with E-state index in [1.807, 2.05) is 25.1 Å². The van der Waals surface area contributed by atoms with Crippen molar-refractivity contribution in [3.05, 3.63) is 35.4 Å². The van der Waals surface area contributed by atoms with Crippen molar-refractivity contribution in [2.75, 3.05) is 13.1 Å². The first kappa shape index (κ1) is 17.8. The maximum absolute atomic E-state index is 12.3. The lowest BCUT2D eigenvalue weighted by molar-refractivity contribution is 0.145. The fourth-order valence-electron chi connectivity index (χ4n) is 4.06. The van der Waals surface area contributed by atoms with Crippen LogP contribution in [0.1, 0.15) is 62.6 Å². The number of rotatable bonds is 4. The molecule has 1 aromatic carbocycles. The van der Waals surface area contributed by atoms with Crippen molar-refractivity contribution < 1.29 is 4.79 Å². The molecule has 1 heterocycles. The first-order chi connectivity index (χ1) is 12.2. The molecule has 134 valence electrons. The van der Waals surface area contributed by atoms with E-state index in [1.165, 1.54) is 25.7 Å². The van der Waals surface area contributed by atoms with E-state index in [0.717, 1.165) is 37.5 Å². The summed E-state index contributed by atoms with van der Waals surface area (Å²) in [6, 6.07) is 10.3. The summed E-state index contributed by atoms with van der Waals surface area (Å²) in [7, 11) is 0. The molecular weight excluding hydrogens is 312 g/mol. The average molecular weight is 340 g/mol. The molecule has 1 aromatic rings. The molecule has 2 amide bonds. The highest BCUT2D eigenvalue weighted by Crippen LogP contribution is 2.26. The molecule has 1 saturated heterocycles. The smallest absolute Gasteiger partial charge is 0.315 e. The number of carbonyl (C=O) groups is 1. The van der Waals surface area contributed by atoms with Crippen LogP contribution in [0.2, 0.25) is 0 Å². The Labute approximate surface area is 150 Å². The third-order valence-electron chi connectivity index (χ3n) is 5.57. The zero-order valence-corrected chi connectivity index (χ0v) is 15.0. The van der Waals surface area contributed by atoms with Crippen LogP contribution in [0.5, 0.6) is 0 Å². The molecule has 25 heavy (non-hydrogen) atoms. The van der Waals surface area contributed by atoms with Gasteiger partial charge in [0.1, 0.15) is 0 Å². The van der Waals surface area contributed by atoms with Gasteiger partial charge < -0.3 is 15.5 Å². The summed E-state index contributed by atoms with van der Waals surface area (Å²) in [6.07, 6.45) is 7.49. The molecule has 3 rings (SSSR count). The molecular formula is C20H28N4O. The molecule has 1 saturated carbocycles. The van der Waals surface area contributed by atoms with Crippen LogP contribution in [0.15, 0.2) is 24.3 Å². The van der Waals surface area contributed by atoms with Crippen molar-refractivity contribution in [2.24, 2.45) is 0 Å². The molecule has 0 aromatic heterocycles. The number of nitrogens with zero attached hydrogens (tertiary/aromatic N) is 2. The number of likely N-dealkylation sites (tertiary alicyclic amines) is 1. The Hall–Kier alpha value is -2.06. The van der Waals surface area contributed by atoms with Gasteiger partial charge in [-0.25, -0.2) is 4.79 Å². The van der Waals surface area contributed by atoms with E-state index in [4.69, 9.17) is 5.26 Å². The Balaban J connectivity index is 1.44. The normalized spacial score (nSPS) is 20.8. The van der Waals surface area contributed by atoms with Crippen LogP contribution in [0, 0.1) is 11.3 Å². The van der Waals surface area contributed by atoms with Crippen LogP contribution in [-0.4, -0.2) is 36.1 Å². The predicted molar refractivity (Wildman–Crippen MR) is 98.1 cm³/mol. The summed E-state index contributed by atoms with van der Waals surface area (Å²) >= 11 is 0. The fourth-order valence-corrected chi connectivity index (χ4v) is 4.06. The van der Waals surface area contributed by atoms with Crippen LogP contribution in [0.3, 0.4) is 0 Å². The Kier molecular flexibility index (Phi) is 5.93. The van der Waals surface area contributed by atoms with Crippen molar-refractivity contribution in [3.8, 4) is 6.07 Å². The lowest BCUT2D eigenvalue weighted by atomic mass is 10.0. The van der Waals surface area contributed by atoms with Gasteiger partial charge in [-0.2, -0.15) is 5.26 Å². The minimum Gasteiger partial charge on any atom is -0.335 e. The molecule has 2 fully saturated rings. The standard InChI is InChI=1S/C20H28N4O/c1-15(17-6-4-5-16(13-17)14-21)22-20(25)23-18-9-11-24(12-10-18)19-7-2-3-8-19/h4-6,13,15,18-19H,2-3,7-12H2,1H3,(H2,22,23,25)/t15-/m0/s1. The van der Waals surface area contributed by atoms with E-state index in [0.29, 0.717) is 5.56 Å². The summed E-state index contributed by atoms with van der Waals surface area (Å²) in [5.41, 5.74) is 1.57. The van der Waals surface area contributed by atoms with Gasteiger partial charge in [0.15, 0.2) is 0 Å². The molecule has 0 bridgehead atoms. The van der Waals surface area contributed by atoms with Gasteiger partial charge in [-0.3, -0.25) is 0 Å². The second-order valence-electron chi connectivity index (χ2n) is 7.33. The zero-order chi connectivity index (χ0) is 17.6. The molecule has 5 nitrogen and oxygen atoms in total. The summed E-state index contributed by atoms with van der Waals surface area (Å²) in [5.74, 6) is 0. The molecule has 0 unspecified atom stereocenters. The third kappa shape index (κ3) is 4.73. The number of nitrogens with one attached hydrogen (secondary N) is 2. The van der Waals surface area contributed by atoms with Gasteiger partial charge in [0.2, 0.25) is 0 Å². The van der Waals surface area contributed by atoms with Gasteiger partial charge >= 0.3 is 6.03 Å². The van der Waals surface area contributed by atoms with E-state index in [1.54, 1.807) is 6.07 Å². The third-order valence-corrected chi connectivity index (χ3v) is 5.57. The van der Waals surface area contributed by atoms with Crippen molar-refractivity contribution >= 4 is 6.03 Å². The Morgan fingerprint density at radius 2 is 1.96 bits per heavy atom. The van der Waals surface area contributed by atoms with Crippen LogP contribution in [0.25, 0.3) is 0 Å². The number of benzene rings is 1. The number of urea groups is 1. The monoisotopic (exact) mass is 340 g/mol. The van der Waals surface area contributed by atoms with Gasteiger partial charge in [-0.15, -0.1) is 0 Å². The molecule has 2 N–H and O–H groups in total. The fraction of sp³-hybridized carbons (Fsp3) is 0.600. The van der Waals surface area contributed by atoms with E-state index < -0.39 is 0 Å². The highest BCUT2D eigenvalue weighted by Gasteiger charge is 2.27. The summed E-state index contributed by atoms with van der Waals surface area (Å²) in [5, 5.41) is 15.1. The SMILES string of the molecule is C[C@H](NC(=O)NC1CCN(C2CCCC2)CC1)c1cccc(C#N)c1. The second-order valence-corrected chi connectivity index (χ2v) is 7.33. The van der Waals surface area contributed by atoms with Gasteiger partial charge in [-0.1, -0.05) is 25.0 Å². The molecule has 1 aliphatic carbocycles. The van der Waals surface area contributed by atoms with Gasteiger partial charge in [0.05, 0.1) is 17.7 Å². The van der Waals surface area contributed by atoms with Gasteiger partial charge in [-0.05, 0) is 50.3 Å². The first-order valence-corrected chi connectivity index (χ1v) is 9.47. The quantitative estimate of drug-likeness (QED) is 0.883. The molecule has 2 aliphatic rings. The minimum absolute atomic E-state index is 0.117. The largest absolute Gasteiger partial charge is 0.335 e. The van der Waals surface area contributed by atoms with Gasteiger partial charge in [0.25, 0.3) is 0 Å². The van der Waals surface area contributed by atoms with E-state index in [2.05, 4.69) is 21.6 Å². The molecule has 5 heteroatoms. The molecule has 0 spiro atoms. The highest BCUT2D eigenvalue weighted by molar-refractivity contribution is 5.74. The lowest BCUT2D eigenvalue weighted by Gasteiger charge is -2.36. The van der Waals surface area contributed by atoms with Crippen molar-refractivity contribution in [3.63, 3.8) is 0 Å². The van der Waals surface area contributed by atoms with E-state index in [-0.39, 0.29) is 18.1 Å². The number of piperidine rings is 1. The van der Waals surface area contributed by atoms with Crippen LogP contribution >= 0.6 is 0 Å². The van der Waals surface area contributed by atoms with Crippen molar-refractivity contribution in [2.45, 2.75) is 63.6 Å². The zero-order valence-electron chi connectivity index (χ0n) is 15.0. The predicted octanol–water partition coefficient (Wildman–Crippen LogP) is 3.33. The second kappa shape index (κ2) is 8.35. The Bertz CT molecular complexity index is 625. The number of amides is 2. The number of carbonyl (C=O) groups excluding carboxylic acids is 1. The Morgan fingerprint density at radius 3 is 2.64 bits per heavy atom. The first-order valence-electron chi connectivity index (χ1n) is 9.47. The highest BCUT2D eigenvalue weighted by atomic mass is 16.2. The average Bonchev–Trinajstić information content (AvgIpc) is 3.17. The maximum atomic E-state index is 12.3. The lowest BCUT2D eigenvalue weighted by Crippen LogP contribution is -2.50. The van der Waals surface area contributed by atoms with E-state index >= 15 is 0 Å². The van der Waals surface area contributed by atoms with E-state index in [9.17, 15) is 4.79 Å². The van der Waals surface area contributed by atoms with Crippen molar-refractivity contribution in [1.29, 1.82) is 5.26 Å². The van der Waals surface area contributed by atoms with Crippen LogP contribution in [-0.2, 0) is 0 Å². The molecule has 1 aliphatic heterocycles. The maximum Gasteiger partial charge on any atom is 0.315 e. The Morgan fingerprint density at radius 1 is 1.24 bits per heavy atom. The van der Waals surface area contributed by atoms with Crippen LogP contribution in [0.4, 0.5) is 4.79 Å². The minimum atomic E-state index is -0.119. The summed E-state index contributed by atoms with van der Waals surface area (Å²) in [6.45, 7) is 4.13. The molecule has 0 radical (unpaired) electrons. The summed E-state index contributed by atoms with van der Waals surface area (Å²) < 4.78 is 0. The van der Waals surface area contributed by atoms with Crippen LogP contribution < -0.4 is 10.6 Å². The van der Waals surface area contributed by atoms with Gasteiger partial charge in [0, 0.05) is 25.2 Å².